The van der Waals surface area contributed by atoms with E-state index in [1.807, 2.05) is 24.3 Å². The molecule has 0 radical (unpaired) electrons. The molecule has 3 aromatic rings. The highest BCUT2D eigenvalue weighted by molar-refractivity contribution is 9.10. The van der Waals surface area contributed by atoms with Crippen LogP contribution in [0.3, 0.4) is 0 Å². The van der Waals surface area contributed by atoms with Crippen LogP contribution in [-0.2, 0) is 0 Å². The molecule has 0 atom stereocenters. The maximum atomic E-state index is 12.6. The number of ketones is 1. The number of benzene rings is 2. The summed E-state index contributed by atoms with van der Waals surface area (Å²) in [6, 6.07) is 12.9. The average Bonchev–Trinajstić information content (AvgIpc) is 2.81. The molecule has 0 spiro atoms. The van der Waals surface area contributed by atoms with Gasteiger partial charge in [0.1, 0.15) is 0 Å². The largest absolute Gasteiger partial charge is 0.360 e. The second-order valence-electron chi connectivity index (χ2n) is 4.20. The number of carbonyl (C=O) groups excluding carboxylic acids is 1. The Morgan fingerprint density at radius 1 is 1.11 bits per heavy atom. The van der Waals surface area contributed by atoms with E-state index in [4.69, 9.17) is 11.6 Å². The number of rotatable bonds is 2. The van der Waals surface area contributed by atoms with Gasteiger partial charge in [-0.1, -0.05) is 39.7 Å². The Hall–Kier alpha value is -1.58. The Labute approximate surface area is 123 Å². The van der Waals surface area contributed by atoms with Crippen LogP contribution in [0.1, 0.15) is 15.9 Å². The van der Waals surface area contributed by atoms with Gasteiger partial charge in [0.05, 0.1) is 0 Å². The first-order valence-electron chi connectivity index (χ1n) is 5.72. The molecule has 0 aliphatic carbocycles. The van der Waals surface area contributed by atoms with Gasteiger partial charge in [-0.05, 0) is 30.3 Å². The predicted octanol–water partition coefficient (Wildman–Crippen LogP) is 4.81. The topological polar surface area (TPSA) is 32.9 Å². The monoisotopic (exact) mass is 333 g/mol. The summed E-state index contributed by atoms with van der Waals surface area (Å²) in [5.41, 5.74) is 2.17. The van der Waals surface area contributed by atoms with E-state index in [9.17, 15) is 4.79 Å². The van der Waals surface area contributed by atoms with Crippen molar-refractivity contribution in [2.75, 3.05) is 0 Å². The molecule has 3 rings (SSSR count). The van der Waals surface area contributed by atoms with Crippen molar-refractivity contribution in [2.24, 2.45) is 0 Å². The highest BCUT2D eigenvalue weighted by atomic mass is 79.9. The minimum atomic E-state index is -0.0269. The van der Waals surface area contributed by atoms with Gasteiger partial charge in [0.2, 0.25) is 0 Å². The van der Waals surface area contributed by atoms with Gasteiger partial charge in [-0.25, -0.2) is 0 Å². The van der Waals surface area contributed by atoms with E-state index in [-0.39, 0.29) is 5.78 Å². The van der Waals surface area contributed by atoms with Crippen molar-refractivity contribution in [3.63, 3.8) is 0 Å². The second kappa shape index (κ2) is 4.83. The Balaban J connectivity index is 2.17. The van der Waals surface area contributed by atoms with Crippen molar-refractivity contribution >= 4 is 44.2 Å². The SMILES string of the molecule is O=C(c1ccccc1Br)c1c[nH]c2ccc(Cl)cc12. The molecule has 2 aromatic carbocycles. The van der Waals surface area contributed by atoms with Crippen LogP contribution in [0, 0.1) is 0 Å². The number of hydrogen-bond acceptors (Lipinski definition) is 1. The molecule has 0 saturated carbocycles. The lowest BCUT2D eigenvalue weighted by molar-refractivity contribution is 0.103. The van der Waals surface area contributed by atoms with Crippen LogP contribution in [0.25, 0.3) is 10.9 Å². The van der Waals surface area contributed by atoms with Crippen LogP contribution in [0.4, 0.5) is 0 Å². The summed E-state index contributed by atoms with van der Waals surface area (Å²) in [4.78, 5) is 15.7. The fraction of sp³-hybridized carbons (Fsp3) is 0. The molecule has 94 valence electrons. The van der Waals surface area contributed by atoms with Crippen LogP contribution in [0.5, 0.6) is 0 Å². The number of halogens is 2. The van der Waals surface area contributed by atoms with Crippen LogP contribution in [0.15, 0.2) is 53.1 Å². The predicted molar refractivity (Wildman–Crippen MR) is 80.9 cm³/mol. The molecule has 4 heteroatoms. The maximum absolute atomic E-state index is 12.6. The van der Waals surface area contributed by atoms with Gasteiger partial charge in [0, 0.05) is 37.7 Å². The molecule has 2 nitrogen and oxygen atoms in total. The van der Waals surface area contributed by atoms with Crippen molar-refractivity contribution < 1.29 is 4.79 Å². The molecule has 1 aromatic heterocycles. The Morgan fingerprint density at radius 3 is 2.68 bits per heavy atom. The van der Waals surface area contributed by atoms with E-state index in [0.717, 1.165) is 15.4 Å². The average molecular weight is 335 g/mol. The summed E-state index contributed by atoms with van der Waals surface area (Å²) in [6.07, 6.45) is 1.72. The molecule has 0 saturated heterocycles. The van der Waals surface area contributed by atoms with Crippen molar-refractivity contribution in [1.29, 1.82) is 0 Å². The summed E-state index contributed by atoms with van der Waals surface area (Å²) in [5, 5.41) is 1.46. The fourth-order valence-corrected chi connectivity index (χ4v) is 2.71. The van der Waals surface area contributed by atoms with Gasteiger partial charge < -0.3 is 4.98 Å². The van der Waals surface area contributed by atoms with E-state index in [0.29, 0.717) is 16.1 Å². The number of aromatic nitrogens is 1. The van der Waals surface area contributed by atoms with E-state index >= 15 is 0 Å². The fourth-order valence-electron chi connectivity index (χ4n) is 2.07. The van der Waals surface area contributed by atoms with Crippen LogP contribution in [-0.4, -0.2) is 10.8 Å². The lowest BCUT2D eigenvalue weighted by Gasteiger charge is -2.02. The van der Waals surface area contributed by atoms with E-state index in [1.165, 1.54) is 0 Å². The maximum Gasteiger partial charge on any atom is 0.196 e. The Kier molecular flexibility index (Phi) is 3.17. The van der Waals surface area contributed by atoms with Gasteiger partial charge in [0.15, 0.2) is 5.78 Å². The van der Waals surface area contributed by atoms with Crippen LogP contribution >= 0.6 is 27.5 Å². The Morgan fingerprint density at radius 2 is 1.89 bits per heavy atom. The zero-order valence-corrected chi connectivity index (χ0v) is 12.1. The van der Waals surface area contributed by atoms with Gasteiger partial charge in [-0.15, -0.1) is 0 Å². The molecular weight excluding hydrogens is 326 g/mol. The first kappa shape index (κ1) is 12.5. The lowest BCUT2D eigenvalue weighted by Crippen LogP contribution is -2.01. The highest BCUT2D eigenvalue weighted by Crippen LogP contribution is 2.26. The lowest BCUT2D eigenvalue weighted by atomic mass is 10.0. The zero-order valence-electron chi connectivity index (χ0n) is 9.78. The van der Waals surface area contributed by atoms with Crippen LogP contribution in [0.2, 0.25) is 5.02 Å². The van der Waals surface area contributed by atoms with Gasteiger partial charge >= 0.3 is 0 Å². The first-order valence-corrected chi connectivity index (χ1v) is 6.90. The second-order valence-corrected chi connectivity index (χ2v) is 5.49. The summed E-state index contributed by atoms with van der Waals surface area (Å²) < 4.78 is 0.788. The molecular formula is C15H9BrClNO. The number of carbonyl (C=O) groups is 1. The molecule has 0 aliphatic rings. The van der Waals surface area contributed by atoms with E-state index in [2.05, 4.69) is 20.9 Å². The minimum absolute atomic E-state index is 0.0269. The third-order valence-electron chi connectivity index (χ3n) is 3.01. The molecule has 0 amide bonds. The first-order chi connectivity index (χ1) is 9.16. The number of nitrogens with one attached hydrogen (secondary N) is 1. The zero-order chi connectivity index (χ0) is 13.4. The third kappa shape index (κ3) is 2.20. The number of hydrogen-bond donors (Lipinski definition) is 1. The highest BCUT2D eigenvalue weighted by Gasteiger charge is 2.16. The minimum Gasteiger partial charge on any atom is -0.360 e. The third-order valence-corrected chi connectivity index (χ3v) is 3.93. The Bertz CT molecular complexity index is 779. The number of fused-ring (bicyclic) bond motifs is 1. The van der Waals surface area contributed by atoms with Gasteiger partial charge in [0.25, 0.3) is 0 Å². The van der Waals surface area contributed by atoms with Crippen molar-refractivity contribution in [3.05, 3.63) is 69.3 Å². The van der Waals surface area contributed by atoms with Crippen molar-refractivity contribution in [2.45, 2.75) is 0 Å². The normalized spacial score (nSPS) is 10.8. The van der Waals surface area contributed by atoms with Crippen molar-refractivity contribution in [1.82, 2.24) is 4.98 Å². The summed E-state index contributed by atoms with van der Waals surface area (Å²) >= 11 is 9.40. The molecule has 0 bridgehead atoms. The van der Waals surface area contributed by atoms with Crippen molar-refractivity contribution in [3.8, 4) is 0 Å². The number of aromatic amines is 1. The molecule has 1 heterocycles. The molecule has 0 aliphatic heterocycles. The summed E-state index contributed by atoms with van der Waals surface area (Å²) in [7, 11) is 0. The standard InChI is InChI=1S/C15H9BrClNO/c16-13-4-2-1-3-10(13)15(19)12-8-18-14-6-5-9(17)7-11(12)14/h1-8,18H. The molecule has 0 unspecified atom stereocenters. The summed E-state index contributed by atoms with van der Waals surface area (Å²) in [6.45, 7) is 0. The summed E-state index contributed by atoms with van der Waals surface area (Å²) in [5.74, 6) is -0.0269. The molecule has 19 heavy (non-hydrogen) atoms. The van der Waals surface area contributed by atoms with E-state index in [1.54, 1.807) is 24.4 Å². The van der Waals surface area contributed by atoms with E-state index < -0.39 is 0 Å². The molecule has 1 N–H and O–H groups in total. The number of H-pyrrole nitrogens is 1. The van der Waals surface area contributed by atoms with Crippen LogP contribution < -0.4 is 0 Å². The quantitative estimate of drug-likeness (QED) is 0.670. The smallest absolute Gasteiger partial charge is 0.196 e. The molecule has 0 fully saturated rings. The van der Waals surface area contributed by atoms with Gasteiger partial charge in [-0.3, -0.25) is 4.79 Å². The van der Waals surface area contributed by atoms with Gasteiger partial charge in [-0.2, -0.15) is 0 Å².